The molecule has 0 bridgehead atoms. The zero-order chi connectivity index (χ0) is 20.8. The fraction of sp³-hybridized carbons (Fsp3) is 0.300. The number of halogens is 1. The van der Waals surface area contributed by atoms with Gasteiger partial charge in [-0.25, -0.2) is 8.91 Å². The Bertz CT molecular complexity index is 1260. The molecule has 150 valence electrons. The molecule has 8 nitrogen and oxygen atoms in total. The molecule has 0 aliphatic carbocycles. The Balaban J connectivity index is 2.02. The SMILES string of the molecule is COCc1nn2c(nnc3c(=O)n(C(C)(C)CO)ccc32)c1-c1ccc(F)cc1. The van der Waals surface area contributed by atoms with E-state index in [9.17, 15) is 14.3 Å². The number of hydrogen-bond donors (Lipinski definition) is 1. The zero-order valence-electron chi connectivity index (χ0n) is 16.3. The Labute approximate surface area is 165 Å². The molecule has 1 aromatic carbocycles. The van der Waals surface area contributed by atoms with Crippen molar-refractivity contribution < 1.29 is 14.2 Å². The van der Waals surface area contributed by atoms with Gasteiger partial charge in [0.25, 0.3) is 5.56 Å². The quantitative estimate of drug-likeness (QED) is 0.554. The Kier molecular flexibility index (Phi) is 4.64. The van der Waals surface area contributed by atoms with Crippen molar-refractivity contribution in [2.75, 3.05) is 13.7 Å². The van der Waals surface area contributed by atoms with E-state index in [1.807, 2.05) is 0 Å². The van der Waals surface area contributed by atoms with E-state index in [1.165, 1.54) is 16.7 Å². The van der Waals surface area contributed by atoms with Gasteiger partial charge in [0.1, 0.15) is 11.3 Å². The highest BCUT2D eigenvalue weighted by atomic mass is 19.1. The van der Waals surface area contributed by atoms with Crippen LogP contribution in [-0.4, -0.2) is 43.2 Å². The summed E-state index contributed by atoms with van der Waals surface area (Å²) in [6, 6.07) is 7.71. The molecule has 0 saturated heterocycles. The smallest absolute Gasteiger partial charge is 0.281 e. The molecular weight excluding hydrogens is 377 g/mol. The van der Waals surface area contributed by atoms with Gasteiger partial charge in [-0.15, -0.1) is 10.2 Å². The third kappa shape index (κ3) is 3.08. The highest BCUT2D eigenvalue weighted by molar-refractivity contribution is 5.84. The molecule has 0 fully saturated rings. The van der Waals surface area contributed by atoms with Gasteiger partial charge in [0.2, 0.25) is 0 Å². The standard InChI is InChI=1S/C20H20FN5O3/c1-20(2,11-27)25-9-8-15-17(19(25)28)22-23-18-16(12-4-6-13(21)7-5-12)14(10-29-3)24-26(15)18/h4-9,27H,10-11H2,1-3H3. The predicted octanol–water partition coefficient (Wildman–Crippen LogP) is 2.12. The zero-order valence-corrected chi connectivity index (χ0v) is 16.3. The fourth-order valence-corrected chi connectivity index (χ4v) is 3.29. The number of nitrogens with zero attached hydrogens (tertiary/aromatic N) is 5. The lowest BCUT2D eigenvalue weighted by atomic mass is 10.1. The van der Waals surface area contributed by atoms with Crippen molar-refractivity contribution in [1.82, 2.24) is 24.4 Å². The van der Waals surface area contributed by atoms with E-state index in [0.717, 1.165) is 5.56 Å². The maximum absolute atomic E-state index is 13.4. The maximum atomic E-state index is 13.4. The number of aliphatic hydroxyl groups is 1. The second-order valence-corrected chi connectivity index (χ2v) is 7.39. The average Bonchev–Trinajstić information content (AvgIpc) is 3.07. The van der Waals surface area contributed by atoms with Gasteiger partial charge in [0.15, 0.2) is 11.2 Å². The molecule has 0 spiro atoms. The monoisotopic (exact) mass is 397 g/mol. The van der Waals surface area contributed by atoms with Crippen LogP contribution in [0.5, 0.6) is 0 Å². The third-order valence-corrected chi connectivity index (χ3v) is 4.90. The van der Waals surface area contributed by atoms with Crippen LogP contribution in [0.3, 0.4) is 0 Å². The van der Waals surface area contributed by atoms with Crippen molar-refractivity contribution in [3.8, 4) is 11.1 Å². The first-order valence-electron chi connectivity index (χ1n) is 9.03. The summed E-state index contributed by atoms with van der Waals surface area (Å²) in [5.41, 5.74) is 1.89. The van der Waals surface area contributed by atoms with E-state index in [-0.39, 0.29) is 30.1 Å². The van der Waals surface area contributed by atoms with Crippen molar-refractivity contribution in [3.05, 3.63) is 58.4 Å². The molecule has 0 atom stereocenters. The molecule has 4 aromatic rings. The molecule has 29 heavy (non-hydrogen) atoms. The number of methoxy groups -OCH3 is 1. The normalized spacial score (nSPS) is 12.2. The summed E-state index contributed by atoms with van der Waals surface area (Å²) in [7, 11) is 1.55. The number of aromatic nitrogens is 5. The van der Waals surface area contributed by atoms with Crippen molar-refractivity contribution in [1.29, 1.82) is 0 Å². The van der Waals surface area contributed by atoms with Crippen molar-refractivity contribution in [2.45, 2.75) is 26.0 Å². The molecule has 0 aliphatic rings. The van der Waals surface area contributed by atoms with E-state index >= 15 is 0 Å². The van der Waals surface area contributed by atoms with Gasteiger partial charge in [-0.2, -0.15) is 5.10 Å². The lowest BCUT2D eigenvalue weighted by Crippen LogP contribution is -2.39. The highest BCUT2D eigenvalue weighted by Gasteiger charge is 2.24. The third-order valence-electron chi connectivity index (χ3n) is 4.90. The van der Waals surface area contributed by atoms with Crippen LogP contribution >= 0.6 is 0 Å². The number of ether oxygens (including phenoxy) is 1. The van der Waals surface area contributed by atoms with E-state index in [4.69, 9.17) is 4.74 Å². The van der Waals surface area contributed by atoms with Crippen LogP contribution in [0.1, 0.15) is 19.5 Å². The summed E-state index contributed by atoms with van der Waals surface area (Å²) in [6.07, 6.45) is 1.61. The maximum Gasteiger partial charge on any atom is 0.281 e. The molecule has 0 saturated carbocycles. The summed E-state index contributed by atoms with van der Waals surface area (Å²) >= 11 is 0. The van der Waals surface area contributed by atoms with Gasteiger partial charge < -0.3 is 14.4 Å². The molecule has 0 radical (unpaired) electrons. The molecule has 3 heterocycles. The summed E-state index contributed by atoms with van der Waals surface area (Å²) in [5.74, 6) is -0.345. The lowest BCUT2D eigenvalue weighted by molar-refractivity contribution is 0.161. The van der Waals surface area contributed by atoms with Gasteiger partial charge in [-0.05, 0) is 37.6 Å². The molecule has 1 N–H and O–H groups in total. The number of pyridine rings is 1. The van der Waals surface area contributed by atoms with Crippen molar-refractivity contribution in [2.24, 2.45) is 0 Å². The van der Waals surface area contributed by atoms with Gasteiger partial charge in [0, 0.05) is 13.3 Å². The summed E-state index contributed by atoms with van der Waals surface area (Å²) in [6.45, 7) is 3.52. The van der Waals surface area contributed by atoms with Crippen LogP contribution in [-0.2, 0) is 16.9 Å². The van der Waals surface area contributed by atoms with Crippen LogP contribution in [0, 0.1) is 5.82 Å². The van der Waals surface area contributed by atoms with Gasteiger partial charge >= 0.3 is 0 Å². The molecule has 3 aromatic heterocycles. The van der Waals surface area contributed by atoms with Gasteiger partial charge in [0.05, 0.1) is 30.0 Å². The molecule has 0 unspecified atom stereocenters. The van der Waals surface area contributed by atoms with Gasteiger partial charge in [-0.3, -0.25) is 4.79 Å². The van der Waals surface area contributed by atoms with Crippen LogP contribution in [0.15, 0.2) is 41.3 Å². The fourth-order valence-electron chi connectivity index (χ4n) is 3.29. The predicted molar refractivity (Wildman–Crippen MR) is 105 cm³/mol. The topological polar surface area (TPSA) is 94.5 Å². The Morgan fingerprint density at radius 3 is 2.55 bits per heavy atom. The van der Waals surface area contributed by atoms with Crippen molar-refractivity contribution in [3.63, 3.8) is 0 Å². The van der Waals surface area contributed by atoms with E-state index in [2.05, 4.69) is 15.3 Å². The van der Waals surface area contributed by atoms with Crippen LogP contribution in [0.4, 0.5) is 4.39 Å². The minimum atomic E-state index is -0.785. The van der Waals surface area contributed by atoms with E-state index < -0.39 is 5.54 Å². The number of fused-ring (bicyclic) bond motifs is 3. The first kappa shape index (κ1) is 19.2. The van der Waals surface area contributed by atoms with E-state index in [1.54, 1.807) is 49.9 Å². The Hall–Kier alpha value is -3.17. The number of benzene rings is 1. The molecule has 4 rings (SSSR count). The summed E-state index contributed by atoms with van der Waals surface area (Å²) in [5, 5.41) is 22.6. The molecule has 0 amide bonds. The number of hydrogen-bond acceptors (Lipinski definition) is 6. The molecular formula is C20H20FN5O3. The number of rotatable bonds is 5. The first-order valence-corrected chi connectivity index (χ1v) is 9.03. The highest BCUT2D eigenvalue weighted by Crippen LogP contribution is 2.29. The molecule has 0 aliphatic heterocycles. The Morgan fingerprint density at radius 2 is 1.90 bits per heavy atom. The second-order valence-electron chi connectivity index (χ2n) is 7.39. The summed E-state index contributed by atoms with van der Waals surface area (Å²) in [4.78, 5) is 12.9. The number of aliphatic hydroxyl groups excluding tert-OH is 1. The minimum absolute atomic E-state index is 0.138. The van der Waals surface area contributed by atoms with Gasteiger partial charge in [-0.1, -0.05) is 12.1 Å². The van der Waals surface area contributed by atoms with Crippen LogP contribution in [0.25, 0.3) is 27.8 Å². The minimum Gasteiger partial charge on any atom is -0.394 e. The van der Waals surface area contributed by atoms with Crippen LogP contribution < -0.4 is 5.56 Å². The largest absolute Gasteiger partial charge is 0.394 e. The summed E-state index contributed by atoms with van der Waals surface area (Å²) < 4.78 is 21.6. The Morgan fingerprint density at radius 1 is 1.17 bits per heavy atom. The lowest BCUT2D eigenvalue weighted by Gasteiger charge is -2.24. The van der Waals surface area contributed by atoms with Crippen molar-refractivity contribution >= 4 is 16.7 Å². The average molecular weight is 397 g/mol. The first-order chi connectivity index (χ1) is 13.9. The van der Waals surface area contributed by atoms with E-state index in [0.29, 0.717) is 22.4 Å². The van der Waals surface area contributed by atoms with Crippen LogP contribution in [0.2, 0.25) is 0 Å². The second kappa shape index (κ2) is 7.02. The molecule has 9 heteroatoms.